The second-order valence-corrected chi connectivity index (χ2v) is 5.52. The largest absolute Gasteiger partial charge is 0.378 e. The summed E-state index contributed by atoms with van der Waals surface area (Å²) in [5.41, 5.74) is 2.79. The Labute approximate surface area is 124 Å². The summed E-state index contributed by atoms with van der Waals surface area (Å²) in [6.07, 6.45) is 1.95. The highest BCUT2D eigenvalue weighted by Crippen LogP contribution is 2.28. The summed E-state index contributed by atoms with van der Waals surface area (Å²) in [7, 11) is 3.98. The van der Waals surface area contributed by atoms with E-state index in [0.29, 0.717) is 0 Å². The summed E-state index contributed by atoms with van der Waals surface area (Å²) in [6, 6.07) is 10.5. The molecule has 3 aromatic rings. The fourth-order valence-electron chi connectivity index (χ4n) is 2.15. The number of halogens is 2. The molecule has 0 N–H and O–H groups in total. The van der Waals surface area contributed by atoms with Crippen LogP contribution in [-0.4, -0.2) is 23.5 Å². The maximum atomic E-state index is 13.4. The van der Waals surface area contributed by atoms with Crippen molar-refractivity contribution in [1.29, 1.82) is 0 Å². The summed E-state index contributed by atoms with van der Waals surface area (Å²) in [4.78, 5) is 6.53. The number of imidazole rings is 1. The molecule has 5 heteroatoms. The molecule has 20 heavy (non-hydrogen) atoms. The molecule has 0 saturated heterocycles. The van der Waals surface area contributed by atoms with Gasteiger partial charge in [0, 0.05) is 31.5 Å². The molecular formula is C15H13BrFN3. The van der Waals surface area contributed by atoms with E-state index in [1.807, 2.05) is 47.8 Å². The Hall–Kier alpha value is -1.88. The van der Waals surface area contributed by atoms with Gasteiger partial charge in [0.05, 0.1) is 5.52 Å². The average Bonchev–Trinajstić information content (AvgIpc) is 2.76. The van der Waals surface area contributed by atoms with Gasteiger partial charge in [-0.05, 0) is 40.2 Å². The average molecular weight is 334 g/mol. The molecule has 0 spiro atoms. The van der Waals surface area contributed by atoms with E-state index < -0.39 is 0 Å². The highest BCUT2D eigenvalue weighted by molar-refractivity contribution is 9.10. The van der Waals surface area contributed by atoms with Crippen molar-refractivity contribution < 1.29 is 4.39 Å². The zero-order chi connectivity index (χ0) is 14.3. The van der Waals surface area contributed by atoms with Crippen molar-refractivity contribution >= 4 is 27.1 Å². The van der Waals surface area contributed by atoms with Crippen LogP contribution < -0.4 is 4.90 Å². The minimum Gasteiger partial charge on any atom is -0.378 e. The zero-order valence-electron chi connectivity index (χ0n) is 11.1. The van der Waals surface area contributed by atoms with E-state index >= 15 is 0 Å². The van der Waals surface area contributed by atoms with E-state index in [4.69, 9.17) is 0 Å². The molecule has 0 aliphatic carbocycles. The number of hydrogen-bond donors (Lipinski definition) is 0. The molecule has 0 saturated carbocycles. The molecule has 0 unspecified atom stereocenters. The lowest BCUT2D eigenvalue weighted by molar-refractivity contribution is 0.628. The van der Waals surface area contributed by atoms with Crippen molar-refractivity contribution in [3.63, 3.8) is 0 Å². The normalized spacial score (nSPS) is 11.0. The van der Waals surface area contributed by atoms with Gasteiger partial charge in [-0.25, -0.2) is 9.37 Å². The second kappa shape index (κ2) is 4.90. The van der Waals surface area contributed by atoms with E-state index in [2.05, 4.69) is 20.9 Å². The molecule has 3 nitrogen and oxygen atoms in total. The SMILES string of the molecule is CN(C)c1ccn2c(-c3cccc(F)c3)nc(Br)c2c1. The maximum absolute atomic E-state index is 13.4. The number of anilines is 1. The maximum Gasteiger partial charge on any atom is 0.146 e. The molecule has 0 radical (unpaired) electrons. The van der Waals surface area contributed by atoms with Gasteiger partial charge in [0.2, 0.25) is 0 Å². The smallest absolute Gasteiger partial charge is 0.146 e. The Morgan fingerprint density at radius 1 is 1.20 bits per heavy atom. The van der Waals surface area contributed by atoms with Crippen LogP contribution in [0.2, 0.25) is 0 Å². The Balaban J connectivity index is 2.23. The van der Waals surface area contributed by atoms with Gasteiger partial charge < -0.3 is 4.90 Å². The second-order valence-electron chi connectivity index (χ2n) is 4.77. The lowest BCUT2D eigenvalue weighted by atomic mass is 10.2. The van der Waals surface area contributed by atoms with Crippen LogP contribution in [0.1, 0.15) is 0 Å². The highest BCUT2D eigenvalue weighted by atomic mass is 79.9. The van der Waals surface area contributed by atoms with Crippen LogP contribution in [0.3, 0.4) is 0 Å². The molecule has 0 fully saturated rings. The van der Waals surface area contributed by atoms with Gasteiger partial charge in [0.25, 0.3) is 0 Å². The lowest BCUT2D eigenvalue weighted by Crippen LogP contribution is -2.08. The van der Waals surface area contributed by atoms with E-state index in [1.54, 1.807) is 6.07 Å². The molecule has 2 aromatic heterocycles. The number of pyridine rings is 1. The molecular weight excluding hydrogens is 321 g/mol. The van der Waals surface area contributed by atoms with E-state index in [-0.39, 0.29) is 5.82 Å². The van der Waals surface area contributed by atoms with Gasteiger partial charge in [0.15, 0.2) is 0 Å². The zero-order valence-corrected chi connectivity index (χ0v) is 12.7. The Morgan fingerprint density at radius 2 is 2.00 bits per heavy atom. The van der Waals surface area contributed by atoms with Gasteiger partial charge >= 0.3 is 0 Å². The highest BCUT2D eigenvalue weighted by Gasteiger charge is 2.12. The van der Waals surface area contributed by atoms with Gasteiger partial charge in [-0.2, -0.15) is 0 Å². The molecule has 0 aliphatic heterocycles. The standard InChI is InChI=1S/C15H13BrFN3/c1-19(2)12-6-7-20-13(9-12)14(16)18-15(20)10-4-3-5-11(17)8-10/h3-9H,1-2H3. The fraction of sp³-hybridized carbons (Fsp3) is 0.133. The van der Waals surface area contributed by atoms with Crippen molar-refractivity contribution in [3.05, 3.63) is 53.0 Å². The van der Waals surface area contributed by atoms with Crippen LogP contribution >= 0.6 is 15.9 Å². The van der Waals surface area contributed by atoms with Gasteiger partial charge in [-0.3, -0.25) is 4.40 Å². The predicted molar refractivity (Wildman–Crippen MR) is 82.6 cm³/mol. The van der Waals surface area contributed by atoms with Crippen molar-refractivity contribution in [1.82, 2.24) is 9.38 Å². The molecule has 1 aromatic carbocycles. The third kappa shape index (κ3) is 2.18. The summed E-state index contributed by atoms with van der Waals surface area (Å²) < 4.78 is 16.1. The van der Waals surface area contributed by atoms with Gasteiger partial charge in [-0.1, -0.05) is 12.1 Å². The van der Waals surface area contributed by atoms with Gasteiger partial charge in [0.1, 0.15) is 16.2 Å². The Morgan fingerprint density at radius 3 is 2.70 bits per heavy atom. The molecule has 0 atom stereocenters. The molecule has 2 heterocycles. The first-order valence-electron chi connectivity index (χ1n) is 6.17. The summed E-state index contributed by atoms with van der Waals surface area (Å²) in [5, 5.41) is 0. The first-order valence-corrected chi connectivity index (χ1v) is 6.96. The summed E-state index contributed by atoms with van der Waals surface area (Å²) in [5.74, 6) is 0.456. The molecule has 0 aliphatic rings. The first kappa shape index (κ1) is 13.1. The van der Waals surface area contributed by atoms with Crippen LogP contribution in [0.5, 0.6) is 0 Å². The first-order chi connectivity index (χ1) is 9.56. The van der Waals surface area contributed by atoms with E-state index in [1.165, 1.54) is 12.1 Å². The Kier molecular flexibility index (Phi) is 3.22. The van der Waals surface area contributed by atoms with E-state index in [0.717, 1.165) is 27.2 Å². The number of hydrogen-bond acceptors (Lipinski definition) is 2. The van der Waals surface area contributed by atoms with Crippen molar-refractivity contribution in [2.45, 2.75) is 0 Å². The van der Waals surface area contributed by atoms with Crippen molar-refractivity contribution in [2.24, 2.45) is 0 Å². The predicted octanol–water partition coefficient (Wildman–Crippen LogP) is 3.97. The Bertz CT molecular complexity index is 780. The number of rotatable bonds is 2. The molecule has 3 rings (SSSR count). The van der Waals surface area contributed by atoms with Crippen molar-refractivity contribution in [3.8, 4) is 11.4 Å². The molecule has 0 amide bonds. The third-order valence-electron chi connectivity index (χ3n) is 3.18. The van der Waals surface area contributed by atoms with Gasteiger partial charge in [-0.15, -0.1) is 0 Å². The van der Waals surface area contributed by atoms with Crippen LogP contribution in [0.15, 0.2) is 47.2 Å². The minimum atomic E-state index is -0.264. The number of fused-ring (bicyclic) bond motifs is 1. The molecule has 0 bridgehead atoms. The van der Waals surface area contributed by atoms with Crippen LogP contribution in [0, 0.1) is 5.82 Å². The van der Waals surface area contributed by atoms with Crippen molar-refractivity contribution in [2.75, 3.05) is 19.0 Å². The summed E-state index contributed by atoms with van der Waals surface area (Å²) in [6.45, 7) is 0. The van der Waals surface area contributed by atoms with Crippen LogP contribution in [-0.2, 0) is 0 Å². The van der Waals surface area contributed by atoms with E-state index in [9.17, 15) is 4.39 Å². The minimum absolute atomic E-state index is 0.264. The number of aromatic nitrogens is 2. The fourth-order valence-corrected chi connectivity index (χ4v) is 2.62. The monoisotopic (exact) mass is 333 g/mol. The topological polar surface area (TPSA) is 20.5 Å². The third-order valence-corrected chi connectivity index (χ3v) is 3.76. The molecule has 102 valence electrons. The van der Waals surface area contributed by atoms with Crippen LogP contribution in [0.4, 0.5) is 10.1 Å². The quantitative estimate of drug-likeness (QED) is 0.707. The lowest BCUT2D eigenvalue weighted by Gasteiger charge is -2.12. The van der Waals surface area contributed by atoms with Crippen LogP contribution in [0.25, 0.3) is 16.9 Å². The number of nitrogens with zero attached hydrogens (tertiary/aromatic N) is 3. The summed E-state index contributed by atoms with van der Waals surface area (Å²) >= 11 is 3.47. The number of benzene rings is 1.